The Morgan fingerprint density at radius 1 is 1.00 bits per heavy atom. The zero-order chi connectivity index (χ0) is 14.7. The summed E-state index contributed by atoms with van der Waals surface area (Å²) in [6, 6.07) is 14.6. The van der Waals surface area contributed by atoms with Gasteiger partial charge in [0, 0.05) is 17.8 Å². The molecule has 2 heterocycles. The van der Waals surface area contributed by atoms with E-state index in [0.29, 0.717) is 0 Å². The van der Waals surface area contributed by atoms with Crippen LogP contribution in [0.25, 0.3) is 10.9 Å². The second-order valence-electron chi connectivity index (χ2n) is 5.11. The summed E-state index contributed by atoms with van der Waals surface area (Å²) in [4.78, 5) is 9.05. The number of aromatic nitrogens is 2. The second-order valence-corrected chi connectivity index (χ2v) is 5.11. The molecule has 2 aromatic heterocycles. The Labute approximate surface area is 125 Å². The lowest BCUT2D eigenvalue weighted by Crippen LogP contribution is -2.24. The maximum absolute atomic E-state index is 4.60. The molecule has 21 heavy (non-hydrogen) atoms. The fraction of sp³-hybridized carbons (Fsp3) is 0.222. The van der Waals surface area contributed by atoms with Gasteiger partial charge >= 0.3 is 0 Å². The van der Waals surface area contributed by atoms with Crippen molar-refractivity contribution in [2.24, 2.45) is 0 Å². The molecule has 1 N–H and O–H groups in total. The number of hydrogen-bond donors (Lipinski definition) is 1. The largest absolute Gasteiger partial charge is 0.305 e. The van der Waals surface area contributed by atoms with Gasteiger partial charge in [-0.05, 0) is 42.8 Å². The Balaban J connectivity index is 2.19. The van der Waals surface area contributed by atoms with Crippen LogP contribution in [0.4, 0.5) is 0 Å². The summed E-state index contributed by atoms with van der Waals surface area (Å²) in [6.07, 6.45) is 3.69. The number of nitrogens with zero attached hydrogens (tertiary/aromatic N) is 2. The Kier molecular flexibility index (Phi) is 3.93. The highest BCUT2D eigenvalue weighted by atomic mass is 14.9. The fourth-order valence-corrected chi connectivity index (χ4v) is 2.74. The van der Waals surface area contributed by atoms with E-state index in [4.69, 9.17) is 0 Å². The van der Waals surface area contributed by atoms with Crippen LogP contribution in [0.2, 0.25) is 0 Å². The normalized spacial score (nSPS) is 12.5. The van der Waals surface area contributed by atoms with Crippen LogP contribution in [0.1, 0.15) is 29.8 Å². The average Bonchev–Trinajstić information content (AvgIpc) is 2.53. The molecule has 3 rings (SSSR count). The maximum atomic E-state index is 4.60. The first-order valence-corrected chi connectivity index (χ1v) is 7.29. The van der Waals surface area contributed by atoms with Gasteiger partial charge in [0.05, 0.1) is 17.3 Å². The second kappa shape index (κ2) is 6.02. The molecular formula is C18H19N3. The minimum atomic E-state index is 0.0871. The number of aryl methyl sites for hydroxylation is 1. The van der Waals surface area contributed by atoms with E-state index in [1.54, 1.807) is 0 Å². The fourth-order valence-electron chi connectivity index (χ4n) is 2.74. The minimum absolute atomic E-state index is 0.0871. The van der Waals surface area contributed by atoms with Crippen LogP contribution in [-0.4, -0.2) is 16.5 Å². The van der Waals surface area contributed by atoms with Gasteiger partial charge in [0.1, 0.15) is 0 Å². The molecule has 0 aliphatic rings. The lowest BCUT2D eigenvalue weighted by atomic mass is 9.96. The Morgan fingerprint density at radius 3 is 2.62 bits per heavy atom. The predicted molar refractivity (Wildman–Crippen MR) is 86.2 cm³/mol. The SMILES string of the molecule is CCNC(c1ncccc1C)c1cccc2ncccc12. The van der Waals surface area contributed by atoms with E-state index in [2.05, 4.69) is 53.4 Å². The zero-order valence-electron chi connectivity index (χ0n) is 12.4. The van der Waals surface area contributed by atoms with Crippen molar-refractivity contribution < 1.29 is 0 Å². The quantitative estimate of drug-likeness (QED) is 0.791. The Bertz CT molecular complexity index is 747. The van der Waals surface area contributed by atoms with Gasteiger partial charge < -0.3 is 5.32 Å². The average molecular weight is 277 g/mol. The van der Waals surface area contributed by atoms with Gasteiger partial charge in [0.2, 0.25) is 0 Å². The molecule has 1 atom stereocenters. The van der Waals surface area contributed by atoms with E-state index in [9.17, 15) is 0 Å². The van der Waals surface area contributed by atoms with Crippen molar-refractivity contribution in [3.63, 3.8) is 0 Å². The summed E-state index contributed by atoms with van der Waals surface area (Å²) in [5.41, 5.74) is 4.52. The summed E-state index contributed by atoms with van der Waals surface area (Å²) < 4.78 is 0. The molecule has 3 nitrogen and oxygen atoms in total. The lowest BCUT2D eigenvalue weighted by molar-refractivity contribution is 0.615. The molecule has 1 aromatic carbocycles. The van der Waals surface area contributed by atoms with E-state index >= 15 is 0 Å². The Hall–Kier alpha value is -2.26. The molecule has 3 aromatic rings. The van der Waals surface area contributed by atoms with Crippen LogP contribution >= 0.6 is 0 Å². The van der Waals surface area contributed by atoms with Crippen molar-refractivity contribution in [3.05, 3.63) is 71.7 Å². The van der Waals surface area contributed by atoms with Gasteiger partial charge in [-0.2, -0.15) is 0 Å². The minimum Gasteiger partial charge on any atom is -0.305 e. The van der Waals surface area contributed by atoms with Crippen molar-refractivity contribution in [2.75, 3.05) is 6.54 Å². The van der Waals surface area contributed by atoms with E-state index in [1.165, 1.54) is 16.5 Å². The highest BCUT2D eigenvalue weighted by Crippen LogP contribution is 2.28. The summed E-state index contributed by atoms with van der Waals surface area (Å²) in [5.74, 6) is 0. The number of fused-ring (bicyclic) bond motifs is 1. The van der Waals surface area contributed by atoms with Crippen LogP contribution in [-0.2, 0) is 0 Å². The van der Waals surface area contributed by atoms with Crippen molar-refractivity contribution in [3.8, 4) is 0 Å². The van der Waals surface area contributed by atoms with Gasteiger partial charge in [0.25, 0.3) is 0 Å². The lowest BCUT2D eigenvalue weighted by Gasteiger charge is -2.21. The van der Waals surface area contributed by atoms with Crippen molar-refractivity contribution in [2.45, 2.75) is 19.9 Å². The third kappa shape index (κ3) is 2.65. The molecule has 0 aliphatic heterocycles. The summed E-state index contributed by atoms with van der Waals surface area (Å²) in [6.45, 7) is 5.11. The molecule has 0 saturated heterocycles. The van der Waals surface area contributed by atoms with E-state index in [1.807, 2.05) is 30.6 Å². The molecule has 0 spiro atoms. The third-order valence-electron chi connectivity index (χ3n) is 3.72. The highest BCUT2D eigenvalue weighted by Gasteiger charge is 2.18. The number of benzene rings is 1. The summed E-state index contributed by atoms with van der Waals surface area (Å²) >= 11 is 0. The molecule has 0 fully saturated rings. The first-order valence-electron chi connectivity index (χ1n) is 7.29. The van der Waals surface area contributed by atoms with Crippen molar-refractivity contribution in [1.82, 2.24) is 15.3 Å². The number of rotatable bonds is 4. The van der Waals surface area contributed by atoms with Gasteiger partial charge in [-0.1, -0.05) is 31.2 Å². The summed E-state index contributed by atoms with van der Waals surface area (Å²) in [7, 11) is 0. The molecule has 3 heteroatoms. The van der Waals surface area contributed by atoms with Crippen LogP contribution in [0.3, 0.4) is 0 Å². The van der Waals surface area contributed by atoms with Gasteiger partial charge in [0.15, 0.2) is 0 Å². The molecule has 0 amide bonds. The molecule has 0 aliphatic carbocycles. The first-order chi connectivity index (χ1) is 10.3. The third-order valence-corrected chi connectivity index (χ3v) is 3.72. The molecule has 0 bridgehead atoms. The molecule has 106 valence electrons. The molecule has 0 radical (unpaired) electrons. The summed E-state index contributed by atoms with van der Waals surface area (Å²) in [5, 5.41) is 4.73. The van der Waals surface area contributed by atoms with Crippen LogP contribution in [0.5, 0.6) is 0 Å². The van der Waals surface area contributed by atoms with Crippen molar-refractivity contribution >= 4 is 10.9 Å². The number of nitrogens with one attached hydrogen (secondary N) is 1. The standard InChI is InChI=1S/C18H19N3/c1-3-19-18(17-13(2)7-5-12-21-17)15-8-4-10-16-14(15)9-6-11-20-16/h4-12,18-19H,3H2,1-2H3. The van der Waals surface area contributed by atoms with Crippen LogP contribution in [0, 0.1) is 6.92 Å². The van der Waals surface area contributed by atoms with E-state index < -0.39 is 0 Å². The van der Waals surface area contributed by atoms with E-state index in [-0.39, 0.29) is 6.04 Å². The number of hydrogen-bond acceptors (Lipinski definition) is 3. The number of pyridine rings is 2. The van der Waals surface area contributed by atoms with Gasteiger partial charge in [-0.15, -0.1) is 0 Å². The molecular weight excluding hydrogens is 258 g/mol. The maximum Gasteiger partial charge on any atom is 0.0760 e. The first kappa shape index (κ1) is 13.7. The molecule has 0 saturated carbocycles. The van der Waals surface area contributed by atoms with Crippen molar-refractivity contribution in [1.29, 1.82) is 0 Å². The Morgan fingerprint density at radius 2 is 1.81 bits per heavy atom. The van der Waals surface area contributed by atoms with Gasteiger partial charge in [-0.3, -0.25) is 9.97 Å². The topological polar surface area (TPSA) is 37.8 Å². The monoisotopic (exact) mass is 277 g/mol. The predicted octanol–water partition coefficient (Wildman–Crippen LogP) is 3.64. The highest BCUT2D eigenvalue weighted by molar-refractivity contribution is 5.82. The van der Waals surface area contributed by atoms with Crippen LogP contribution in [0.15, 0.2) is 54.9 Å². The van der Waals surface area contributed by atoms with E-state index in [0.717, 1.165) is 17.8 Å². The van der Waals surface area contributed by atoms with Gasteiger partial charge in [-0.25, -0.2) is 0 Å². The zero-order valence-corrected chi connectivity index (χ0v) is 12.4. The molecule has 1 unspecified atom stereocenters. The van der Waals surface area contributed by atoms with Crippen LogP contribution < -0.4 is 5.32 Å². The smallest absolute Gasteiger partial charge is 0.0760 e.